The summed E-state index contributed by atoms with van der Waals surface area (Å²) >= 11 is 0. The second kappa shape index (κ2) is 8.53. The third-order valence-electron chi connectivity index (χ3n) is 3.84. The third kappa shape index (κ3) is 5.91. The van der Waals surface area contributed by atoms with Gasteiger partial charge in [0.15, 0.2) is 17.7 Å². The van der Waals surface area contributed by atoms with Gasteiger partial charge in [-0.15, -0.1) is 0 Å². The molecule has 0 spiro atoms. The molecule has 5 atom stereocenters. The van der Waals surface area contributed by atoms with E-state index < -0.39 is 54.6 Å². The Balaban J connectivity index is 1.88. The van der Waals surface area contributed by atoms with E-state index >= 15 is 0 Å². The van der Waals surface area contributed by atoms with E-state index in [-0.39, 0.29) is 17.0 Å². The molecule has 31 heavy (non-hydrogen) atoms. The van der Waals surface area contributed by atoms with Crippen LogP contribution in [0.25, 0.3) is 11.2 Å². The Morgan fingerprint density at radius 1 is 1.10 bits per heavy atom. The van der Waals surface area contributed by atoms with E-state index in [1.807, 2.05) is 0 Å². The molecule has 2 aromatic rings. The predicted molar refractivity (Wildman–Crippen MR) is 95.5 cm³/mol. The first-order valence-corrected chi connectivity index (χ1v) is 12.5. The maximum Gasteiger partial charge on any atom is 0.481 e. The van der Waals surface area contributed by atoms with Crippen LogP contribution in [0, 0.1) is 0 Å². The highest BCUT2D eigenvalue weighted by Crippen LogP contribution is 2.58. The number of phosphoric ester groups is 2. The molecule has 18 nitrogen and oxygen atoms in total. The normalized spacial score (nSPS) is 26.9. The molecule has 0 aliphatic carbocycles. The van der Waals surface area contributed by atoms with Crippen molar-refractivity contribution < 1.29 is 61.4 Å². The fraction of sp³-hybridized carbons (Fsp3) is 0.500. The molecular formula is C10H16N5O13P3. The Kier molecular flexibility index (Phi) is 6.68. The van der Waals surface area contributed by atoms with Crippen LogP contribution in [0.5, 0.6) is 0 Å². The van der Waals surface area contributed by atoms with E-state index in [0.717, 1.165) is 17.2 Å². The summed E-state index contributed by atoms with van der Waals surface area (Å²) in [4.78, 5) is 56.5. The molecule has 1 unspecified atom stereocenters. The lowest BCUT2D eigenvalue weighted by molar-refractivity contribution is -0.0497. The number of hydrogen-bond donors (Lipinski definition) is 7. The van der Waals surface area contributed by atoms with Gasteiger partial charge < -0.3 is 40.0 Å². The summed E-state index contributed by atoms with van der Waals surface area (Å²) in [5.74, 6) is -0.0227. The minimum atomic E-state index is -5.40. The zero-order chi connectivity index (χ0) is 23.2. The van der Waals surface area contributed by atoms with Crippen LogP contribution in [0.3, 0.4) is 0 Å². The summed E-state index contributed by atoms with van der Waals surface area (Å²) in [7, 11) is -15.9. The minimum Gasteiger partial charge on any atom is -0.387 e. The van der Waals surface area contributed by atoms with E-state index in [1.165, 1.54) is 0 Å². The molecular weight excluding hydrogens is 491 g/mol. The monoisotopic (exact) mass is 507 g/mol. The first-order chi connectivity index (χ1) is 14.2. The van der Waals surface area contributed by atoms with Crippen molar-refractivity contribution in [3.63, 3.8) is 0 Å². The molecule has 174 valence electrons. The van der Waals surface area contributed by atoms with E-state index in [0.29, 0.717) is 0 Å². The van der Waals surface area contributed by atoms with Crippen molar-refractivity contribution >= 4 is 40.4 Å². The topological polar surface area (TPSA) is 279 Å². The zero-order valence-electron chi connectivity index (χ0n) is 14.9. The van der Waals surface area contributed by atoms with Crippen LogP contribution >= 0.6 is 23.5 Å². The smallest absolute Gasteiger partial charge is 0.387 e. The molecule has 21 heteroatoms. The molecule has 2 aromatic heterocycles. The lowest BCUT2D eigenvalue weighted by Gasteiger charge is -2.22. The van der Waals surface area contributed by atoms with Crippen LogP contribution in [0.15, 0.2) is 12.7 Å². The summed E-state index contributed by atoms with van der Waals surface area (Å²) in [6.07, 6.45) is -4.49. The van der Waals surface area contributed by atoms with Gasteiger partial charge in [-0.25, -0.2) is 28.6 Å². The van der Waals surface area contributed by atoms with Crippen molar-refractivity contribution in [3.8, 4) is 0 Å². The Morgan fingerprint density at radius 3 is 2.39 bits per heavy atom. The highest BCUT2D eigenvalue weighted by atomic mass is 31.3. The Hall–Kier alpha value is -1.36. The van der Waals surface area contributed by atoms with Crippen LogP contribution in [0.1, 0.15) is 6.23 Å². The van der Waals surface area contributed by atoms with Crippen molar-refractivity contribution in [2.45, 2.75) is 24.5 Å². The van der Waals surface area contributed by atoms with Crippen LogP contribution in [0.2, 0.25) is 0 Å². The average molecular weight is 507 g/mol. The second-order valence-corrected chi connectivity index (χ2v) is 10.1. The van der Waals surface area contributed by atoms with Gasteiger partial charge in [0.05, 0.1) is 12.9 Å². The number of rotatable bonds is 8. The van der Waals surface area contributed by atoms with Gasteiger partial charge in [-0.1, -0.05) is 0 Å². The number of aliphatic hydroxyl groups excluding tert-OH is 1. The molecule has 1 saturated heterocycles. The Labute approximate surface area is 171 Å². The molecule has 3 rings (SSSR count). The van der Waals surface area contributed by atoms with Gasteiger partial charge in [-0.05, 0) is 0 Å². The van der Waals surface area contributed by atoms with Crippen LogP contribution < -0.4 is 5.73 Å². The highest BCUT2D eigenvalue weighted by molar-refractivity contribution is 7.60. The number of aromatic nitrogens is 4. The molecule has 0 aromatic carbocycles. The van der Waals surface area contributed by atoms with Gasteiger partial charge in [0.2, 0.25) is 0 Å². The SMILES string of the molecule is Nc1ncnc2c1ncn2[C@@H]1O[C@@H](COP(=O)(O)OP(=O)(O)O)[C@H](O)[C@H]1OP(=O)(O)O. The number of phosphoric acid groups is 3. The molecule has 1 aliphatic heterocycles. The Morgan fingerprint density at radius 2 is 1.77 bits per heavy atom. The van der Waals surface area contributed by atoms with E-state index in [2.05, 4.69) is 28.3 Å². The highest BCUT2D eigenvalue weighted by Gasteiger charge is 2.50. The maximum absolute atomic E-state index is 11.6. The average Bonchev–Trinajstić information content (AvgIpc) is 3.13. The van der Waals surface area contributed by atoms with Crippen molar-refractivity contribution in [1.29, 1.82) is 0 Å². The number of ether oxygens (including phenoxy) is 1. The zero-order valence-corrected chi connectivity index (χ0v) is 17.6. The van der Waals surface area contributed by atoms with E-state index in [4.69, 9.17) is 20.3 Å². The van der Waals surface area contributed by atoms with Gasteiger partial charge in [0.1, 0.15) is 30.2 Å². The van der Waals surface area contributed by atoms with Crippen molar-refractivity contribution in [2.24, 2.45) is 0 Å². The van der Waals surface area contributed by atoms with Gasteiger partial charge in [-0.2, -0.15) is 4.31 Å². The van der Waals surface area contributed by atoms with E-state index in [1.54, 1.807) is 0 Å². The quantitative estimate of drug-likeness (QED) is 0.197. The van der Waals surface area contributed by atoms with Gasteiger partial charge in [-0.3, -0.25) is 13.6 Å². The number of aliphatic hydroxyl groups is 1. The van der Waals surface area contributed by atoms with Crippen molar-refractivity contribution in [3.05, 3.63) is 12.7 Å². The molecule has 3 heterocycles. The number of nitrogen functional groups attached to an aromatic ring is 1. The lowest BCUT2D eigenvalue weighted by Crippen LogP contribution is -2.35. The number of anilines is 1. The summed E-state index contributed by atoms with van der Waals surface area (Å²) in [6, 6.07) is 0. The third-order valence-corrected chi connectivity index (χ3v) is 6.51. The minimum absolute atomic E-state index is 0.0227. The number of nitrogens with two attached hydrogens (primary N) is 1. The van der Waals surface area contributed by atoms with E-state index in [9.17, 15) is 33.5 Å². The van der Waals surface area contributed by atoms with Gasteiger partial charge in [0, 0.05) is 0 Å². The molecule has 0 amide bonds. The van der Waals surface area contributed by atoms with Gasteiger partial charge >= 0.3 is 23.5 Å². The fourth-order valence-corrected chi connectivity index (χ4v) is 4.88. The molecule has 0 bridgehead atoms. The van der Waals surface area contributed by atoms with Crippen LogP contribution in [-0.4, -0.2) is 74.0 Å². The number of fused-ring (bicyclic) bond motifs is 1. The fourth-order valence-electron chi connectivity index (χ4n) is 2.73. The summed E-state index contributed by atoms with van der Waals surface area (Å²) < 4.78 is 52.9. The first-order valence-electron chi connectivity index (χ1n) is 7.91. The number of hydrogen-bond acceptors (Lipinski definition) is 12. The van der Waals surface area contributed by atoms with Crippen LogP contribution in [-0.2, 0) is 31.8 Å². The van der Waals surface area contributed by atoms with Crippen molar-refractivity contribution in [2.75, 3.05) is 12.3 Å². The summed E-state index contributed by atoms with van der Waals surface area (Å²) in [5, 5.41) is 10.4. The van der Waals surface area contributed by atoms with Crippen molar-refractivity contribution in [1.82, 2.24) is 19.5 Å². The number of imidazole rings is 1. The molecule has 1 aliphatic rings. The van der Waals surface area contributed by atoms with Crippen LogP contribution in [0.4, 0.5) is 5.82 Å². The lowest BCUT2D eigenvalue weighted by atomic mass is 10.1. The standard InChI is InChI=1S/C10H16N5O13P3/c11-8-5-9(13-2-12-8)15(3-14-5)10-7(27-29(17,18)19)6(16)4(26-10)1-25-31(23,24)28-30(20,21)22/h2-4,6-7,10,16H,1H2,(H,23,24)(H2,11,12,13)(H2,17,18,19)(H2,20,21,22)/t4-,6-,7+,10+/m0/s1. The number of nitrogens with zero attached hydrogens (tertiary/aromatic N) is 4. The first kappa shape index (κ1) is 24.3. The maximum atomic E-state index is 11.6. The largest absolute Gasteiger partial charge is 0.481 e. The summed E-state index contributed by atoms with van der Waals surface area (Å²) in [5.41, 5.74) is 5.82. The molecule has 8 N–H and O–H groups in total. The second-order valence-electron chi connectivity index (χ2n) is 6.04. The molecule has 0 saturated carbocycles. The molecule has 1 fully saturated rings. The predicted octanol–water partition coefficient (Wildman–Crippen LogP) is -1.63. The summed E-state index contributed by atoms with van der Waals surface area (Å²) in [6.45, 7) is -0.990. The molecule has 0 radical (unpaired) electrons. The van der Waals surface area contributed by atoms with Gasteiger partial charge in [0.25, 0.3) is 0 Å². The Bertz CT molecular complexity index is 1100.